The third-order valence-corrected chi connectivity index (χ3v) is 18.0. The molecule has 0 fully saturated rings. The van der Waals surface area contributed by atoms with Crippen LogP contribution < -0.4 is 0 Å². The first kappa shape index (κ1) is 41.5. The van der Waals surface area contributed by atoms with Gasteiger partial charge >= 0.3 is 0 Å². The largest absolute Gasteiger partial charge is 0.456 e. The molecule has 0 atom stereocenters. The Bertz CT molecular complexity index is 5300. The van der Waals surface area contributed by atoms with Gasteiger partial charge in [0.15, 0.2) is 0 Å². The predicted molar refractivity (Wildman–Crippen MR) is 317 cm³/mol. The second-order valence-corrected chi connectivity index (χ2v) is 21.8. The number of hydrogen-bond donors (Lipinski definition) is 0. The topological polar surface area (TPSA) is 64.3 Å². The highest BCUT2D eigenvalue weighted by atomic mass is 32.1. The first-order valence-electron chi connectivity index (χ1n) is 25.1. The molecule has 11 aromatic carbocycles. The Morgan fingerprint density at radius 2 is 0.803 bits per heavy atom. The lowest BCUT2D eigenvalue weighted by atomic mass is 9.88. The average molecular weight is 1000 g/mol. The summed E-state index contributed by atoms with van der Waals surface area (Å²) in [5, 5.41) is 25.3. The van der Waals surface area contributed by atoms with Crippen molar-refractivity contribution < 1.29 is 8.83 Å². The Kier molecular flexibility index (Phi) is 8.36. The second kappa shape index (κ2) is 15.3. The van der Waals surface area contributed by atoms with Crippen LogP contribution >= 0.6 is 22.7 Å². The van der Waals surface area contributed by atoms with Crippen molar-refractivity contribution in [1.29, 1.82) is 5.26 Å². The SMILES string of the molecule is [C-]#[N+]c1c(-c2ccc3c(c2)oc2ccccc23)c(C#N)c(-n2c3ccccc3c3cc4c(cc32)sc2ccccc24)c(-c2ccc3c(c2)oc2ccccc23)c1-n1c2ccccc2c2cc3c(cc21)sc1ccccc13. The Morgan fingerprint density at radius 3 is 1.32 bits per heavy atom. The summed E-state index contributed by atoms with van der Waals surface area (Å²) in [4.78, 5) is 4.66. The van der Waals surface area contributed by atoms with Crippen molar-refractivity contribution in [1.82, 2.24) is 9.13 Å². The van der Waals surface area contributed by atoms with E-state index in [9.17, 15) is 11.8 Å². The van der Waals surface area contributed by atoms with E-state index in [4.69, 9.17) is 8.83 Å². The zero-order valence-electron chi connectivity index (χ0n) is 40.1. The van der Waals surface area contributed by atoms with Crippen LogP contribution in [0.1, 0.15) is 5.56 Å². The van der Waals surface area contributed by atoms with Crippen LogP contribution in [0.25, 0.3) is 166 Å². The van der Waals surface area contributed by atoms with Crippen LogP contribution in [0.3, 0.4) is 0 Å². The lowest BCUT2D eigenvalue weighted by Crippen LogP contribution is -2.08. The van der Waals surface area contributed by atoms with Crippen LogP contribution in [0.15, 0.2) is 215 Å². The molecule has 6 aromatic heterocycles. The molecule has 350 valence electrons. The number of furan rings is 2. The first-order chi connectivity index (χ1) is 37.6. The Balaban J connectivity index is 1.12. The van der Waals surface area contributed by atoms with Crippen molar-refractivity contribution in [2.45, 2.75) is 0 Å². The molecule has 0 N–H and O–H groups in total. The molecule has 0 saturated carbocycles. The van der Waals surface area contributed by atoms with Crippen LogP contribution in [-0.2, 0) is 0 Å². The predicted octanol–water partition coefficient (Wildman–Crippen LogP) is 20.2. The van der Waals surface area contributed by atoms with Crippen molar-refractivity contribution in [2.75, 3.05) is 0 Å². The van der Waals surface area contributed by atoms with Crippen LogP contribution in [0.2, 0.25) is 0 Å². The number of hydrogen-bond acceptors (Lipinski definition) is 5. The molecule has 6 heterocycles. The standard InChI is InChI=1S/C68H34N4O2S2/c1-70-66-64(37-26-28-43-41-16-4-10-22-56(41)73-58(43)30-37)51(36-69)67(71-52-20-8-2-14-39(52)47-32-49-45-18-6-12-24-60(45)75-62(49)34-54(47)71)65(38-27-29-44-42-17-5-11-23-57(42)74-59(44)31-38)68(66)72-53-21-9-3-15-40(53)48-33-50-46-19-7-13-25-61(46)76-63(50)35-55(48)72/h2-35H. The van der Waals surface area contributed by atoms with Gasteiger partial charge in [-0.05, 0) is 96.1 Å². The summed E-state index contributed by atoms with van der Waals surface area (Å²) in [6.45, 7) is 9.59. The molecule has 0 radical (unpaired) electrons. The summed E-state index contributed by atoms with van der Waals surface area (Å²) in [6.07, 6.45) is 0. The summed E-state index contributed by atoms with van der Waals surface area (Å²) in [5.74, 6) is 0. The smallest absolute Gasteiger partial charge is 0.220 e. The van der Waals surface area contributed by atoms with Crippen molar-refractivity contribution in [3.8, 4) is 39.7 Å². The highest BCUT2D eigenvalue weighted by Gasteiger charge is 2.33. The highest BCUT2D eigenvalue weighted by molar-refractivity contribution is 7.26. The van der Waals surface area contributed by atoms with Gasteiger partial charge in [0.05, 0.1) is 45.6 Å². The van der Waals surface area contributed by atoms with E-state index in [2.05, 4.69) is 184 Å². The number of aromatic nitrogens is 2. The van der Waals surface area contributed by atoms with Crippen LogP contribution in [0.4, 0.5) is 5.69 Å². The van der Waals surface area contributed by atoms with E-state index >= 15 is 0 Å². The minimum atomic E-state index is 0.349. The van der Waals surface area contributed by atoms with Crippen LogP contribution in [-0.4, -0.2) is 9.13 Å². The molecule has 76 heavy (non-hydrogen) atoms. The lowest BCUT2D eigenvalue weighted by molar-refractivity contribution is 0.668. The van der Waals surface area contributed by atoms with Gasteiger partial charge in [-0.2, -0.15) is 5.26 Å². The molecular formula is C68H34N4O2S2. The summed E-state index contributed by atoms with van der Waals surface area (Å²) in [6, 6.07) is 75.1. The van der Waals surface area contributed by atoms with Crippen molar-refractivity contribution in [3.05, 3.63) is 223 Å². The van der Waals surface area contributed by atoms with Gasteiger partial charge in [-0.1, -0.05) is 121 Å². The van der Waals surface area contributed by atoms with E-state index in [0.717, 1.165) is 96.8 Å². The van der Waals surface area contributed by atoms with Crippen molar-refractivity contribution in [3.63, 3.8) is 0 Å². The van der Waals surface area contributed by atoms with E-state index in [1.807, 2.05) is 42.5 Å². The zero-order chi connectivity index (χ0) is 49.9. The fraction of sp³-hybridized carbons (Fsp3) is 0. The van der Waals surface area contributed by atoms with Gasteiger partial charge in [0.1, 0.15) is 28.4 Å². The minimum Gasteiger partial charge on any atom is -0.456 e. The average Bonchev–Trinajstić information content (AvgIpc) is 4.34. The quantitative estimate of drug-likeness (QED) is 0.165. The fourth-order valence-corrected chi connectivity index (χ4v) is 14.8. The summed E-state index contributed by atoms with van der Waals surface area (Å²) < 4.78 is 22.7. The second-order valence-electron chi connectivity index (χ2n) is 19.6. The van der Waals surface area contributed by atoms with E-state index in [1.54, 1.807) is 22.7 Å². The van der Waals surface area contributed by atoms with E-state index in [1.165, 1.54) is 30.9 Å². The number of fused-ring (bicyclic) bond motifs is 18. The van der Waals surface area contributed by atoms with Gasteiger partial charge in [0.25, 0.3) is 0 Å². The van der Waals surface area contributed by atoms with Crippen LogP contribution in [0.5, 0.6) is 0 Å². The Labute approximate surface area is 439 Å². The third-order valence-electron chi connectivity index (χ3n) is 15.8. The fourth-order valence-electron chi connectivity index (χ4n) is 12.5. The van der Waals surface area contributed by atoms with Gasteiger partial charge in [0, 0.05) is 94.6 Å². The van der Waals surface area contributed by atoms with Gasteiger partial charge in [-0.15, -0.1) is 22.7 Å². The Hall–Kier alpha value is -9.96. The zero-order valence-corrected chi connectivity index (χ0v) is 41.7. The number of para-hydroxylation sites is 4. The van der Waals surface area contributed by atoms with Crippen LogP contribution in [0, 0.1) is 17.9 Å². The molecule has 0 unspecified atom stereocenters. The molecule has 6 nitrogen and oxygen atoms in total. The minimum absolute atomic E-state index is 0.349. The summed E-state index contributed by atoms with van der Waals surface area (Å²) >= 11 is 3.55. The van der Waals surface area contributed by atoms with Crippen molar-refractivity contribution >= 4 is 156 Å². The first-order valence-corrected chi connectivity index (χ1v) is 26.8. The molecule has 8 heteroatoms. The van der Waals surface area contributed by atoms with Gasteiger partial charge in [-0.25, -0.2) is 4.85 Å². The molecule has 0 aliphatic rings. The third kappa shape index (κ3) is 5.56. The lowest BCUT2D eigenvalue weighted by Gasteiger charge is -2.25. The maximum absolute atomic E-state index is 12.3. The molecular weight excluding hydrogens is 969 g/mol. The highest BCUT2D eigenvalue weighted by Crippen LogP contribution is 2.54. The number of nitrogens with zero attached hydrogens (tertiary/aromatic N) is 4. The molecule has 17 rings (SSSR count). The number of rotatable bonds is 4. The molecule has 17 aromatic rings. The molecule has 0 spiro atoms. The van der Waals surface area contributed by atoms with Gasteiger partial charge in [-0.3, -0.25) is 0 Å². The molecule has 0 aliphatic carbocycles. The van der Waals surface area contributed by atoms with E-state index < -0.39 is 0 Å². The number of benzene rings is 11. The van der Waals surface area contributed by atoms with E-state index in [0.29, 0.717) is 44.9 Å². The molecule has 0 aliphatic heterocycles. The summed E-state index contributed by atoms with van der Waals surface area (Å²) in [7, 11) is 0. The maximum Gasteiger partial charge on any atom is 0.220 e. The molecule has 0 saturated heterocycles. The van der Waals surface area contributed by atoms with Gasteiger partial charge < -0.3 is 18.0 Å². The number of thiophene rings is 2. The van der Waals surface area contributed by atoms with Gasteiger partial charge in [0.2, 0.25) is 5.69 Å². The van der Waals surface area contributed by atoms with E-state index in [-0.39, 0.29) is 0 Å². The molecule has 0 amide bonds. The molecule has 0 bridgehead atoms. The maximum atomic E-state index is 12.3. The Morgan fingerprint density at radius 1 is 0.368 bits per heavy atom. The normalized spacial score (nSPS) is 12.2. The monoisotopic (exact) mass is 1000 g/mol. The van der Waals surface area contributed by atoms with Crippen molar-refractivity contribution in [2.24, 2.45) is 0 Å². The summed E-state index contributed by atoms with van der Waals surface area (Å²) in [5.41, 5.74) is 11.6. The number of nitriles is 1.